The molecule has 110 valence electrons. The van der Waals surface area contributed by atoms with Crippen LogP contribution >= 0.6 is 0 Å². The highest BCUT2D eigenvalue weighted by atomic mass is 16.2. The average molecular weight is 275 g/mol. The smallest absolute Gasteiger partial charge is 0.255 e. The first-order valence-electron chi connectivity index (χ1n) is 7.78. The van der Waals surface area contributed by atoms with E-state index in [1.807, 2.05) is 19.2 Å². The fourth-order valence-corrected chi connectivity index (χ4v) is 3.99. The molecule has 2 bridgehead atoms. The van der Waals surface area contributed by atoms with Gasteiger partial charge in [0.15, 0.2) is 0 Å². The van der Waals surface area contributed by atoms with Crippen molar-refractivity contribution in [3.05, 3.63) is 23.5 Å². The minimum absolute atomic E-state index is 0.194. The molecule has 0 radical (unpaired) electrons. The third-order valence-electron chi connectivity index (χ3n) is 4.91. The topological polar surface area (TPSA) is 39.3 Å². The van der Waals surface area contributed by atoms with E-state index in [-0.39, 0.29) is 5.91 Å². The first-order valence-corrected chi connectivity index (χ1v) is 7.78. The van der Waals surface area contributed by atoms with Gasteiger partial charge in [-0.15, -0.1) is 0 Å². The standard InChI is InChI=1S/C16H25N3O/c1-11(2)19-13-4-5-14(19)10-18(9-7-13)16(20)15-6-8-17-12(15)3/h6,8,11,13-14,17H,4-5,7,9-10H2,1-3H3. The Labute approximate surface area is 121 Å². The summed E-state index contributed by atoms with van der Waals surface area (Å²) in [6.45, 7) is 8.31. The summed E-state index contributed by atoms with van der Waals surface area (Å²) in [4.78, 5) is 20.5. The van der Waals surface area contributed by atoms with Crippen LogP contribution in [0.1, 0.15) is 49.2 Å². The fourth-order valence-electron chi connectivity index (χ4n) is 3.99. The van der Waals surface area contributed by atoms with Crippen LogP contribution in [-0.4, -0.2) is 51.9 Å². The summed E-state index contributed by atoms with van der Waals surface area (Å²) in [5.41, 5.74) is 1.81. The second-order valence-corrected chi connectivity index (χ2v) is 6.48. The minimum atomic E-state index is 0.194. The number of carbonyl (C=O) groups excluding carboxylic acids is 1. The summed E-state index contributed by atoms with van der Waals surface area (Å²) < 4.78 is 0. The maximum Gasteiger partial charge on any atom is 0.255 e. The lowest BCUT2D eigenvalue weighted by Gasteiger charge is -2.32. The van der Waals surface area contributed by atoms with Gasteiger partial charge in [0.1, 0.15) is 0 Å². The van der Waals surface area contributed by atoms with Crippen LogP contribution in [-0.2, 0) is 0 Å². The van der Waals surface area contributed by atoms with Crippen molar-refractivity contribution in [3.63, 3.8) is 0 Å². The summed E-state index contributed by atoms with van der Waals surface area (Å²) >= 11 is 0. The van der Waals surface area contributed by atoms with E-state index in [0.717, 1.165) is 30.8 Å². The van der Waals surface area contributed by atoms with Crippen molar-refractivity contribution < 1.29 is 4.79 Å². The number of amides is 1. The van der Waals surface area contributed by atoms with Gasteiger partial charge in [0.2, 0.25) is 0 Å². The molecule has 20 heavy (non-hydrogen) atoms. The summed E-state index contributed by atoms with van der Waals surface area (Å²) in [5, 5.41) is 0. The zero-order valence-electron chi connectivity index (χ0n) is 12.7. The number of nitrogens with zero attached hydrogens (tertiary/aromatic N) is 2. The lowest BCUT2D eigenvalue weighted by molar-refractivity contribution is 0.0728. The fraction of sp³-hybridized carbons (Fsp3) is 0.688. The number of aromatic nitrogens is 1. The van der Waals surface area contributed by atoms with Crippen LogP contribution in [0.3, 0.4) is 0 Å². The molecule has 2 aliphatic rings. The van der Waals surface area contributed by atoms with Gasteiger partial charge in [0.05, 0.1) is 5.56 Å². The summed E-state index contributed by atoms with van der Waals surface area (Å²) in [6, 6.07) is 3.70. The first-order chi connectivity index (χ1) is 9.58. The van der Waals surface area contributed by atoms with Crippen molar-refractivity contribution in [2.24, 2.45) is 0 Å². The van der Waals surface area contributed by atoms with Gasteiger partial charge in [-0.05, 0) is 46.1 Å². The predicted octanol–water partition coefficient (Wildman–Crippen LogP) is 2.41. The minimum Gasteiger partial charge on any atom is -0.365 e. The van der Waals surface area contributed by atoms with Crippen LogP contribution in [0.2, 0.25) is 0 Å². The Bertz CT molecular complexity index is 494. The van der Waals surface area contributed by atoms with Gasteiger partial charge in [-0.1, -0.05) is 0 Å². The molecule has 2 fully saturated rings. The zero-order chi connectivity index (χ0) is 14.3. The van der Waals surface area contributed by atoms with Gasteiger partial charge in [-0.3, -0.25) is 9.69 Å². The molecule has 1 amide bonds. The molecule has 3 rings (SSSR count). The Kier molecular flexibility index (Phi) is 3.59. The van der Waals surface area contributed by atoms with E-state index in [0.29, 0.717) is 18.1 Å². The number of carbonyl (C=O) groups is 1. The van der Waals surface area contributed by atoms with Crippen molar-refractivity contribution in [2.75, 3.05) is 13.1 Å². The number of nitrogens with one attached hydrogen (secondary N) is 1. The third kappa shape index (κ3) is 2.26. The maximum absolute atomic E-state index is 12.7. The van der Waals surface area contributed by atoms with E-state index in [9.17, 15) is 4.79 Å². The lowest BCUT2D eigenvalue weighted by atomic mass is 10.1. The molecular formula is C16H25N3O. The molecule has 2 atom stereocenters. The quantitative estimate of drug-likeness (QED) is 0.900. The molecule has 3 heterocycles. The van der Waals surface area contributed by atoms with E-state index in [2.05, 4.69) is 28.6 Å². The summed E-state index contributed by atoms with van der Waals surface area (Å²) in [7, 11) is 0. The molecular weight excluding hydrogens is 250 g/mol. The van der Waals surface area contributed by atoms with Crippen molar-refractivity contribution in [1.29, 1.82) is 0 Å². The molecule has 0 aromatic carbocycles. The highest BCUT2D eigenvalue weighted by Gasteiger charge is 2.39. The normalized spacial score (nSPS) is 27.1. The molecule has 2 aliphatic heterocycles. The average Bonchev–Trinajstić information content (AvgIpc) is 2.92. The van der Waals surface area contributed by atoms with E-state index >= 15 is 0 Å². The van der Waals surface area contributed by atoms with Crippen LogP contribution in [0, 0.1) is 6.92 Å². The Morgan fingerprint density at radius 3 is 2.70 bits per heavy atom. The molecule has 0 spiro atoms. The second-order valence-electron chi connectivity index (χ2n) is 6.48. The molecule has 2 unspecified atom stereocenters. The maximum atomic E-state index is 12.7. The monoisotopic (exact) mass is 275 g/mol. The highest BCUT2D eigenvalue weighted by Crippen LogP contribution is 2.32. The number of H-pyrrole nitrogens is 1. The second kappa shape index (κ2) is 5.24. The number of aromatic amines is 1. The van der Waals surface area contributed by atoms with Crippen molar-refractivity contribution in [3.8, 4) is 0 Å². The Balaban J connectivity index is 1.78. The van der Waals surface area contributed by atoms with Gasteiger partial charge in [0.25, 0.3) is 5.91 Å². The van der Waals surface area contributed by atoms with Gasteiger partial charge in [-0.2, -0.15) is 0 Å². The number of aryl methyl sites for hydroxylation is 1. The molecule has 1 aromatic heterocycles. The number of likely N-dealkylation sites (tertiary alicyclic amines) is 1. The van der Waals surface area contributed by atoms with Gasteiger partial charge >= 0.3 is 0 Å². The van der Waals surface area contributed by atoms with Gasteiger partial charge < -0.3 is 9.88 Å². The van der Waals surface area contributed by atoms with E-state index in [1.54, 1.807) is 0 Å². The van der Waals surface area contributed by atoms with Crippen molar-refractivity contribution in [1.82, 2.24) is 14.8 Å². The van der Waals surface area contributed by atoms with Crippen LogP contribution in [0.15, 0.2) is 12.3 Å². The molecule has 0 aliphatic carbocycles. The molecule has 0 saturated carbocycles. The zero-order valence-corrected chi connectivity index (χ0v) is 12.7. The molecule has 4 heteroatoms. The Hall–Kier alpha value is -1.29. The predicted molar refractivity (Wildman–Crippen MR) is 79.8 cm³/mol. The Morgan fingerprint density at radius 1 is 1.30 bits per heavy atom. The van der Waals surface area contributed by atoms with Gasteiger partial charge in [-0.25, -0.2) is 0 Å². The summed E-state index contributed by atoms with van der Waals surface area (Å²) in [5.74, 6) is 0.194. The molecule has 2 saturated heterocycles. The van der Waals surface area contributed by atoms with E-state index < -0.39 is 0 Å². The van der Waals surface area contributed by atoms with E-state index in [4.69, 9.17) is 0 Å². The van der Waals surface area contributed by atoms with Crippen LogP contribution < -0.4 is 0 Å². The van der Waals surface area contributed by atoms with Crippen molar-refractivity contribution >= 4 is 5.91 Å². The van der Waals surface area contributed by atoms with E-state index in [1.165, 1.54) is 12.8 Å². The van der Waals surface area contributed by atoms with Gasteiger partial charge in [0, 0.05) is 43.1 Å². The van der Waals surface area contributed by atoms with Crippen LogP contribution in [0.4, 0.5) is 0 Å². The molecule has 4 nitrogen and oxygen atoms in total. The highest BCUT2D eigenvalue weighted by molar-refractivity contribution is 5.95. The SMILES string of the molecule is Cc1[nH]ccc1C(=O)N1CCC2CCC(C1)N2C(C)C. The Morgan fingerprint density at radius 2 is 2.05 bits per heavy atom. The first kappa shape index (κ1) is 13.7. The number of rotatable bonds is 2. The third-order valence-corrected chi connectivity index (χ3v) is 4.91. The largest absolute Gasteiger partial charge is 0.365 e. The van der Waals surface area contributed by atoms with Crippen LogP contribution in [0.25, 0.3) is 0 Å². The van der Waals surface area contributed by atoms with Crippen LogP contribution in [0.5, 0.6) is 0 Å². The van der Waals surface area contributed by atoms with Crippen molar-refractivity contribution in [2.45, 2.75) is 58.2 Å². The number of hydrogen-bond donors (Lipinski definition) is 1. The summed E-state index contributed by atoms with van der Waals surface area (Å²) in [6.07, 6.45) is 5.50. The molecule has 1 N–H and O–H groups in total. The number of hydrogen-bond acceptors (Lipinski definition) is 2. The molecule has 1 aromatic rings. The number of fused-ring (bicyclic) bond motifs is 2. The lowest BCUT2D eigenvalue weighted by Crippen LogP contribution is -2.44.